The lowest BCUT2D eigenvalue weighted by Crippen LogP contribution is -2.49. The lowest BCUT2D eigenvalue weighted by atomic mass is 10.2. The van der Waals surface area contributed by atoms with Gasteiger partial charge in [0.1, 0.15) is 5.82 Å². The molecule has 1 heterocycles. The van der Waals surface area contributed by atoms with E-state index in [4.69, 9.17) is 18.9 Å². The summed E-state index contributed by atoms with van der Waals surface area (Å²) in [5.41, 5.74) is 1.50. The predicted octanol–water partition coefficient (Wildman–Crippen LogP) is 2.97. The second-order valence-corrected chi connectivity index (χ2v) is 7.44. The van der Waals surface area contributed by atoms with Crippen molar-refractivity contribution >= 4 is 18.1 Å². The van der Waals surface area contributed by atoms with Crippen molar-refractivity contribution in [3.05, 3.63) is 47.8 Å². The van der Waals surface area contributed by atoms with Crippen LogP contribution in [0.5, 0.6) is 17.2 Å². The number of β-amino-alcohol motifs (C(OH)–C–C–N with tert-alkyl or cyclic N) is 1. The van der Waals surface area contributed by atoms with Gasteiger partial charge in [0.2, 0.25) is 5.75 Å². The molecule has 1 N–H and O–H groups in total. The van der Waals surface area contributed by atoms with Gasteiger partial charge in [-0.15, -0.1) is 12.4 Å². The summed E-state index contributed by atoms with van der Waals surface area (Å²) in [6.45, 7) is 4.01. The van der Waals surface area contributed by atoms with Crippen LogP contribution in [0, 0.1) is 5.82 Å². The number of nitrogens with zero attached hydrogens (tertiary/aromatic N) is 2. The summed E-state index contributed by atoms with van der Waals surface area (Å²) in [5, 5.41) is 10.4. The maximum atomic E-state index is 14.0. The number of ether oxygens (including phenoxy) is 4. The van der Waals surface area contributed by atoms with E-state index >= 15 is 0 Å². The van der Waals surface area contributed by atoms with Crippen LogP contribution in [0.4, 0.5) is 10.1 Å². The monoisotopic (exact) mass is 470 g/mol. The number of benzene rings is 2. The molecule has 9 heteroatoms. The molecular weight excluding hydrogens is 439 g/mol. The van der Waals surface area contributed by atoms with E-state index in [1.807, 2.05) is 23.1 Å². The van der Waals surface area contributed by atoms with E-state index in [-0.39, 0.29) is 24.8 Å². The summed E-state index contributed by atoms with van der Waals surface area (Å²) in [6, 6.07) is 10.5. The maximum absolute atomic E-state index is 14.0. The zero-order valence-electron chi connectivity index (χ0n) is 18.8. The zero-order valence-corrected chi connectivity index (χ0v) is 19.6. The van der Waals surface area contributed by atoms with Gasteiger partial charge in [0.15, 0.2) is 11.5 Å². The molecule has 1 aliphatic heterocycles. The van der Waals surface area contributed by atoms with Gasteiger partial charge in [-0.3, -0.25) is 4.90 Å². The number of halogens is 2. The molecule has 2 aromatic carbocycles. The fourth-order valence-corrected chi connectivity index (χ4v) is 3.76. The molecule has 1 atom stereocenters. The Bertz CT molecular complexity index is 824. The van der Waals surface area contributed by atoms with Crippen LogP contribution < -0.4 is 19.1 Å². The normalized spacial score (nSPS) is 15.1. The van der Waals surface area contributed by atoms with Crippen LogP contribution in [0.3, 0.4) is 0 Å². The third-order valence-corrected chi connectivity index (χ3v) is 5.34. The molecule has 1 fully saturated rings. The van der Waals surface area contributed by atoms with Crippen LogP contribution in [-0.4, -0.2) is 76.8 Å². The van der Waals surface area contributed by atoms with Crippen LogP contribution >= 0.6 is 12.4 Å². The Kier molecular flexibility index (Phi) is 10.3. The van der Waals surface area contributed by atoms with E-state index in [0.29, 0.717) is 36.1 Å². The van der Waals surface area contributed by atoms with Gasteiger partial charge >= 0.3 is 0 Å². The summed E-state index contributed by atoms with van der Waals surface area (Å²) in [4.78, 5) is 4.21. The third kappa shape index (κ3) is 6.62. The molecule has 0 aliphatic carbocycles. The van der Waals surface area contributed by atoms with E-state index in [2.05, 4.69) is 4.90 Å². The molecular formula is C23H32ClFN2O5. The number of para-hydroxylation sites is 1. The molecule has 7 nitrogen and oxygen atoms in total. The Morgan fingerprint density at radius 1 is 0.969 bits per heavy atom. The number of aliphatic hydroxyl groups is 1. The highest BCUT2D eigenvalue weighted by Gasteiger charge is 2.21. The van der Waals surface area contributed by atoms with E-state index < -0.39 is 6.10 Å². The molecule has 32 heavy (non-hydrogen) atoms. The summed E-state index contributed by atoms with van der Waals surface area (Å²) in [7, 11) is 4.69. The van der Waals surface area contributed by atoms with Gasteiger partial charge in [-0.2, -0.15) is 0 Å². The lowest BCUT2D eigenvalue weighted by Gasteiger charge is -2.37. The highest BCUT2D eigenvalue weighted by Crippen LogP contribution is 2.38. The minimum atomic E-state index is -0.609. The van der Waals surface area contributed by atoms with Crippen molar-refractivity contribution in [2.75, 3.05) is 65.6 Å². The maximum Gasteiger partial charge on any atom is 0.203 e. The fraction of sp³-hybridized carbons (Fsp3) is 0.478. The van der Waals surface area contributed by atoms with E-state index in [9.17, 15) is 9.50 Å². The second-order valence-electron chi connectivity index (χ2n) is 7.44. The van der Waals surface area contributed by atoms with Crippen LogP contribution in [0.15, 0.2) is 36.4 Å². The minimum absolute atomic E-state index is 0. The minimum Gasteiger partial charge on any atom is -0.493 e. The second kappa shape index (κ2) is 12.7. The fourth-order valence-electron chi connectivity index (χ4n) is 3.76. The topological polar surface area (TPSA) is 63.6 Å². The van der Waals surface area contributed by atoms with E-state index in [0.717, 1.165) is 31.7 Å². The summed E-state index contributed by atoms with van der Waals surface area (Å²) < 4.78 is 35.7. The van der Waals surface area contributed by atoms with Gasteiger partial charge in [0.25, 0.3) is 0 Å². The molecule has 3 rings (SSSR count). The van der Waals surface area contributed by atoms with Gasteiger partial charge in [0, 0.05) is 32.7 Å². The molecule has 1 aliphatic rings. The first kappa shape index (κ1) is 26.0. The molecule has 0 bridgehead atoms. The number of rotatable bonds is 10. The van der Waals surface area contributed by atoms with Crippen LogP contribution in [-0.2, 0) is 11.3 Å². The van der Waals surface area contributed by atoms with Crippen molar-refractivity contribution < 1.29 is 28.4 Å². The van der Waals surface area contributed by atoms with Crippen molar-refractivity contribution in [3.8, 4) is 17.2 Å². The average molecular weight is 471 g/mol. The van der Waals surface area contributed by atoms with E-state index in [1.54, 1.807) is 33.5 Å². The number of methoxy groups -OCH3 is 3. The molecule has 2 aromatic rings. The lowest BCUT2D eigenvalue weighted by molar-refractivity contribution is 0.00903. The molecule has 0 radical (unpaired) electrons. The Morgan fingerprint density at radius 2 is 1.59 bits per heavy atom. The Balaban J connectivity index is 0.00000363. The van der Waals surface area contributed by atoms with Gasteiger partial charge in [-0.25, -0.2) is 4.39 Å². The zero-order chi connectivity index (χ0) is 22.2. The standard InChI is InChI=1S/C23H31FN2O5.ClH/c1-28-21-12-17(13-22(29-2)23(21)30-3)15-31-16-18(27)14-25-8-10-26(11-9-25)20-7-5-4-6-19(20)24;/h4-7,12-13,18,27H,8-11,14-16H2,1-3H3;1H. The summed E-state index contributed by atoms with van der Waals surface area (Å²) >= 11 is 0. The third-order valence-electron chi connectivity index (χ3n) is 5.34. The van der Waals surface area contributed by atoms with Crippen LogP contribution in [0.25, 0.3) is 0 Å². The molecule has 0 saturated carbocycles. The van der Waals surface area contributed by atoms with Crippen molar-refractivity contribution in [3.63, 3.8) is 0 Å². The number of hydrogen-bond acceptors (Lipinski definition) is 7. The van der Waals surface area contributed by atoms with Crippen molar-refractivity contribution in [2.45, 2.75) is 12.7 Å². The molecule has 0 amide bonds. The van der Waals surface area contributed by atoms with Crippen molar-refractivity contribution in [1.82, 2.24) is 4.90 Å². The van der Waals surface area contributed by atoms with Gasteiger partial charge in [-0.05, 0) is 29.8 Å². The first-order valence-electron chi connectivity index (χ1n) is 10.3. The summed E-state index contributed by atoms with van der Waals surface area (Å²) in [6.07, 6.45) is -0.609. The number of aliphatic hydroxyl groups excluding tert-OH is 1. The molecule has 1 unspecified atom stereocenters. The quantitative estimate of drug-likeness (QED) is 0.572. The molecule has 178 valence electrons. The summed E-state index contributed by atoms with van der Waals surface area (Å²) in [5.74, 6) is 1.46. The number of anilines is 1. The Hall–Kier alpha value is -2.26. The van der Waals surface area contributed by atoms with Gasteiger partial charge in [-0.1, -0.05) is 12.1 Å². The van der Waals surface area contributed by atoms with E-state index in [1.165, 1.54) is 6.07 Å². The number of piperazine rings is 1. The largest absolute Gasteiger partial charge is 0.493 e. The first-order chi connectivity index (χ1) is 15.0. The highest BCUT2D eigenvalue weighted by molar-refractivity contribution is 5.85. The van der Waals surface area contributed by atoms with Gasteiger partial charge < -0.3 is 29.0 Å². The molecule has 1 saturated heterocycles. The molecule has 0 aromatic heterocycles. The van der Waals surface area contributed by atoms with Crippen molar-refractivity contribution in [2.24, 2.45) is 0 Å². The van der Waals surface area contributed by atoms with Crippen molar-refractivity contribution in [1.29, 1.82) is 0 Å². The average Bonchev–Trinajstić information content (AvgIpc) is 2.79. The Morgan fingerprint density at radius 3 is 2.16 bits per heavy atom. The SMILES string of the molecule is COc1cc(COCC(O)CN2CCN(c3ccccc3F)CC2)cc(OC)c1OC.Cl. The highest BCUT2D eigenvalue weighted by atomic mass is 35.5. The smallest absolute Gasteiger partial charge is 0.203 e. The molecule has 0 spiro atoms. The van der Waals surface area contributed by atoms with Gasteiger partial charge in [0.05, 0.1) is 46.3 Å². The first-order valence-corrected chi connectivity index (χ1v) is 10.3. The van der Waals surface area contributed by atoms with Crippen LogP contribution in [0.2, 0.25) is 0 Å². The number of hydrogen-bond donors (Lipinski definition) is 1. The van der Waals surface area contributed by atoms with Crippen LogP contribution in [0.1, 0.15) is 5.56 Å². The Labute approximate surface area is 195 Å². The predicted molar refractivity (Wildman–Crippen MR) is 124 cm³/mol.